The van der Waals surface area contributed by atoms with Gasteiger partial charge >= 0.3 is 5.97 Å². The molecule has 1 heterocycles. The van der Waals surface area contributed by atoms with E-state index in [2.05, 4.69) is 39.8 Å². The van der Waals surface area contributed by atoms with E-state index in [9.17, 15) is 15.0 Å². The summed E-state index contributed by atoms with van der Waals surface area (Å²) in [5.41, 5.74) is 1.39. The van der Waals surface area contributed by atoms with Gasteiger partial charge in [0.05, 0.1) is 17.8 Å². The van der Waals surface area contributed by atoms with Gasteiger partial charge in [0.2, 0.25) is 0 Å². The Morgan fingerprint density at radius 3 is 2.71 bits per heavy atom. The van der Waals surface area contributed by atoms with E-state index in [4.69, 9.17) is 9.84 Å². The van der Waals surface area contributed by atoms with E-state index in [1.165, 1.54) is 11.6 Å². The van der Waals surface area contributed by atoms with Gasteiger partial charge in [-0.1, -0.05) is 61.8 Å². The molecule has 5 nitrogen and oxygen atoms in total. The molecule has 1 saturated heterocycles. The monoisotopic (exact) mass is 430 g/mol. The number of rotatable bonds is 5. The van der Waals surface area contributed by atoms with Gasteiger partial charge in [-0.15, -0.1) is 0 Å². The molecule has 9 unspecified atom stereocenters. The van der Waals surface area contributed by atoms with E-state index in [0.717, 1.165) is 30.9 Å². The third kappa shape index (κ3) is 4.74. The maximum absolute atomic E-state index is 11.9. The lowest BCUT2D eigenvalue weighted by Gasteiger charge is -2.50. The number of hydrogen-bond donors (Lipinski definition) is 3. The van der Waals surface area contributed by atoms with Crippen molar-refractivity contribution in [2.45, 2.75) is 77.8 Å². The highest BCUT2D eigenvalue weighted by Gasteiger charge is 2.57. The number of carboxylic acids is 1. The van der Waals surface area contributed by atoms with Gasteiger partial charge in [0.25, 0.3) is 0 Å². The largest absolute Gasteiger partial charge is 0.478 e. The van der Waals surface area contributed by atoms with E-state index >= 15 is 0 Å². The Morgan fingerprint density at radius 2 is 2.06 bits per heavy atom. The SMILES string of the molecule is CCC(C)C1OC(C=CC=CC(=O)O)C(O)C2C3CC=C(C)CC3C=C(C)C2C1(C)O. The van der Waals surface area contributed by atoms with Crippen LogP contribution in [0.2, 0.25) is 0 Å². The molecule has 0 aromatic rings. The van der Waals surface area contributed by atoms with Gasteiger partial charge in [-0.2, -0.15) is 0 Å². The molecule has 0 saturated carbocycles. The van der Waals surface area contributed by atoms with Crippen LogP contribution in [0.5, 0.6) is 0 Å². The molecule has 0 amide bonds. The van der Waals surface area contributed by atoms with Gasteiger partial charge in [-0.3, -0.25) is 0 Å². The topological polar surface area (TPSA) is 87.0 Å². The van der Waals surface area contributed by atoms with Crippen LogP contribution in [0.3, 0.4) is 0 Å². The predicted molar refractivity (Wildman–Crippen MR) is 121 cm³/mol. The van der Waals surface area contributed by atoms with Crippen molar-refractivity contribution >= 4 is 5.97 Å². The van der Waals surface area contributed by atoms with Crippen molar-refractivity contribution in [3.8, 4) is 0 Å². The molecule has 0 aromatic heterocycles. The second-order valence-corrected chi connectivity index (χ2v) is 9.99. The molecule has 31 heavy (non-hydrogen) atoms. The quantitative estimate of drug-likeness (QED) is 0.344. The first-order valence-electron chi connectivity index (χ1n) is 11.6. The van der Waals surface area contributed by atoms with Crippen LogP contribution in [-0.2, 0) is 9.53 Å². The van der Waals surface area contributed by atoms with Crippen LogP contribution in [0.15, 0.2) is 47.6 Å². The summed E-state index contributed by atoms with van der Waals surface area (Å²) in [5.74, 6) is -0.654. The molecule has 3 aliphatic rings. The number of aliphatic hydroxyl groups excluding tert-OH is 1. The molecule has 3 N–H and O–H groups in total. The molecule has 0 aromatic carbocycles. The number of aliphatic hydroxyl groups is 2. The lowest BCUT2D eigenvalue weighted by atomic mass is 9.56. The van der Waals surface area contributed by atoms with Crippen LogP contribution in [0.25, 0.3) is 0 Å². The lowest BCUT2D eigenvalue weighted by molar-refractivity contribution is -0.149. The minimum Gasteiger partial charge on any atom is -0.478 e. The third-order valence-electron chi connectivity index (χ3n) is 7.74. The molecule has 172 valence electrons. The summed E-state index contributed by atoms with van der Waals surface area (Å²) in [5, 5.41) is 32.4. The maximum atomic E-state index is 11.9. The number of carboxylic acid groups (broad SMARTS) is 1. The normalized spacial score (nSPS) is 41.8. The Bertz CT molecular complexity index is 790. The molecule has 0 radical (unpaired) electrons. The highest BCUT2D eigenvalue weighted by atomic mass is 16.5. The average molecular weight is 431 g/mol. The molecular formula is C26H38O5. The number of aliphatic carboxylic acids is 1. The third-order valence-corrected chi connectivity index (χ3v) is 7.74. The molecule has 1 aliphatic heterocycles. The fourth-order valence-corrected chi connectivity index (χ4v) is 6.22. The van der Waals surface area contributed by atoms with Crippen LogP contribution >= 0.6 is 0 Å². The van der Waals surface area contributed by atoms with Gasteiger partial charge in [0.1, 0.15) is 6.10 Å². The summed E-state index contributed by atoms with van der Waals surface area (Å²) in [6, 6.07) is 0. The van der Waals surface area contributed by atoms with Crippen molar-refractivity contribution in [1.29, 1.82) is 0 Å². The van der Waals surface area contributed by atoms with E-state index in [-0.39, 0.29) is 23.7 Å². The molecule has 9 atom stereocenters. The maximum Gasteiger partial charge on any atom is 0.328 e. The Balaban J connectivity index is 2.06. The molecule has 3 rings (SSSR count). The van der Waals surface area contributed by atoms with E-state index in [1.807, 2.05) is 6.92 Å². The standard InChI is InChI=1S/C26H38O5/c1-6-16(3)25-26(5,30)23-17(4)14-18-13-15(2)11-12-19(18)22(23)24(29)20(31-25)9-7-8-10-21(27)28/h7-11,14,16,18-20,22-25,29-30H,6,12-13H2,1-5H3,(H,27,28). The van der Waals surface area contributed by atoms with Crippen molar-refractivity contribution in [3.05, 3.63) is 47.6 Å². The Morgan fingerprint density at radius 1 is 1.35 bits per heavy atom. The summed E-state index contributed by atoms with van der Waals surface area (Å²) >= 11 is 0. The fraction of sp³-hybridized carbons (Fsp3) is 0.654. The minimum atomic E-state index is -1.12. The van der Waals surface area contributed by atoms with Crippen molar-refractivity contribution in [1.82, 2.24) is 0 Å². The smallest absolute Gasteiger partial charge is 0.328 e. The molecule has 1 fully saturated rings. The van der Waals surface area contributed by atoms with Crippen LogP contribution in [0, 0.1) is 29.6 Å². The van der Waals surface area contributed by atoms with E-state index < -0.39 is 29.9 Å². The van der Waals surface area contributed by atoms with E-state index in [1.54, 1.807) is 12.2 Å². The van der Waals surface area contributed by atoms with Crippen LogP contribution < -0.4 is 0 Å². The number of allylic oxidation sites excluding steroid dienone is 5. The Hall–Kier alpha value is -1.69. The summed E-state index contributed by atoms with van der Waals surface area (Å²) in [4.78, 5) is 10.8. The second kappa shape index (κ2) is 9.43. The van der Waals surface area contributed by atoms with E-state index in [0.29, 0.717) is 5.92 Å². The molecule has 0 spiro atoms. The lowest BCUT2D eigenvalue weighted by Crippen LogP contribution is -2.55. The van der Waals surface area contributed by atoms with Gasteiger partial charge in [0, 0.05) is 17.9 Å². The van der Waals surface area contributed by atoms with Crippen LogP contribution in [0.1, 0.15) is 53.9 Å². The zero-order valence-corrected chi connectivity index (χ0v) is 19.4. The zero-order chi connectivity index (χ0) is 22.9. The zero-order valence-electron chi connectivity index (χ0n) is 19.4. The van der Waals surface area contributed by atoms with Crippen LogP contribution in [0.4, 0.5) is 0 Å². The first kappa shape index (κ1) is 24.0. The van der Waals surface area contributed by atoms with Crippen molar-refractivity contribution in [2.75, 3.05) is 0 Å². The fourth-order valence-electron chi connectivity index (χ4n) is 6.22. The molecular weight excluding hydrogens is 392 g/mol. The van der Waals surface area contributed by atoms with Crippen molar-refractivity contribution < 1.29 is 24.9 Å². The second-order valence-electron chi connectivity index (χ2n) is 9.99. The van der Waals surface area contributed by atoms with Crippen LogP contribution in [-0.4, -0.2) is 45.2 Å². The molecule has 5 heteroatoms. The van der Waals surface area contributed by atoms with Gasteiger partial charge < -0.3 is 20.1 Å². The minimum absolute atomic E-state index is 0.102. The van der Waals surface area contributed by atoms with Crippen molar-refractivity contribution in [3.63, 3.8) is 0 Å². The van der Waals surface area contributed by atoms with Gasteiger partial charge in [-0.25, -0.2) is 4.79 Å². The number of fused-ring (bicyclic) bond motifs is 3. The molecule has 2 aliphatic carbocycles. The highest BCUT2D eigenvalue weighted by molar-refractivity contribution is 5.80. The number of carbonyl (C=O) groups is 1. The summed E-state index contributed by atoms with van der Waals surface area (Å²) < 4.78 is 6.43. The predicted octanol–water partition coefficient (Wildman–Crippen LogP) is 4.27. The molecule has 0 bridgehead atoms. The average Bonchev–Trinajstić information content (AvgIpc) is 2.78. The number of hydrogen-bond acceptors (Lipinski definition) is 4. The first-order chi connectivity index (χ1) is 14.6. The summed E-state index contributed by atoms with van der Waals surface area (Å²) in [6.45, 7) is 10.3. The summed E-state index contributed by atoms with van der Waals surface area (Å²) in [6.07, 6.45) is 11.3. The Kier molecular flexibility index (Phi) is 7.29. The first-order valence-corrected chi connectivity index (χ1v) is 11.6. The van der Waals surface area contributed by atoms with Gasteiger partial charge in [-0.05, 0) is 51.4 Å². The highest BCUT2D eigenvalue weighted by Crippen LogP contribution is 2.53. The Labute approximate surface area is 186 Å². The van der Waals surface area contributed by atoms with Gasteiger partial charge in [0.15, 0.2) is 0 Å². The number of ether oxygens (including phenoxy) is 1. The summed E-state index contributed by atoms with van der Waals surface area (Å²) in [7, 11) is 0. The van der Waals surface area contributed by atoms with Crippen molar-refractivity contribution in [2.24, 2.45) is 29.6 Å².